The second-order valence-electron chi connectivity index (χ2n) is 3.32. The summed E-state index contributed by atoms with van der Waals surface area (Å²) >= 11 is 0. The van der Waals surface area contributed by atoms with Crippen LogP contribution in [0.3, 0.4) is 0 Å². The monoisotopic (exact) mass is 223 g/mol. The lowest BCUT2D eigenvalue weighted by atomic mass is 10.1. The minimum Gasteiger partial charge on any atom is -0.481 e. The number of hydrogen-bond donors (Lipinski definition) is 2. The van der Waals surface area contributed by atoms with Gasteiger partial charge in [0.25, 0.3) is 0 Å². The van der Waals surface area contributed by atoms with Gasteiger partial charge in [0.15, 0.2) is 0 Å². The SMILES string of the molecule is CC.Cc1cccc(NCCC(=O)O)c1C. The van der Waals surface area contributed by atoms with E-state index in [-0.39, 0.29) is 6.42 Å². The summed E-state index contributed by atoms with van der Waals surface area (Å²) in [5.74, 6) is -0.775. The maximum atomic E-state index is 10.3. The van der Waals surface area contributed by atoms with Gasteiger partial charge in [-0.1, -0.05) is 26.0 Å². The number of aryl methyl sites for hydroxylation is 1. The van der Waals surface area contributed by atoms with Gasteiger partial charge in [-0.05, 0) is 31.0 Å². The zero-order valence-electron chi connectivity index (χ0n) is 10.5. The van der Waals surface area contributed by atoms with Crippen molar-refractivity contribution in [3.63, 3.8) is 0 Å². The van der Waals surface area contributed by atoms with Gasteiger partial charge in [-0.2, -0.15) is 0 Å². The quantitative estimate of drug-likeness (QED) is 0.824. The van der Waals surface area contributed by atoms with Crippen LogP contribution in [0.15, 0.2) is 18.2 Å². The fourth-order valence-electron chi connectivity index (χ4n) is 1.25. The van der Waals surface area contributed by atoms with Gasteiger partial charge in [0.1, 0.15) is 0 Å². The van der Waals surface area contributed by atoms with Crippen LogP contribution in [0.5, 0.6) is 0 Å². The zero-order chi connectivity index (χ0) is 12.6. The average molecular weight is 223 g/mol. The first-order valence-electron chi connectivity index (χ1n) is 5.63. The molecule has 90 valence electrons. The third-order valence-electron chi connectivity index (χ3n) is 2.26. The van der Waals surface area contributed by atoms with Gasteiger partial charge in [0, 0.05) is 12.2 Å². The molecule has 0 radical (unpaired) electrons. The first kappa shape index (κ1) is 14.5. The van der Waals surface area contributed by atoms with E-state index >= 15 is 0 Å². The van der Waals surface area contributed by atoms with Crippen LogP contribution in [0.2, 0.25) is 0 Å². The molecule has 0 saturated heterocycles. The molecule has 0 aliphatic heterocycles. The topological polar surface area (TPSA) is 49.3 Å². The van der Waals surface area contributed by atoms with E-state index in [9.17, 15) is 4.79 Å². The van der Waals surface area contributed by atoms with Crippen LogP contribution < -0.4 is 5.32 Å². The Morgan fingerprint density at radius 3 is 2.50 bits per heavy atom. The zero-order valence-corrected chi connectivity index (χ0v) is 10.5. The van der Waals surface area contributed by atoms with Crippen LogP contribution in [0.25, 0.3) is 0 Å². The summed E-state index contributed by atoms with van der Waals surface area (Å²) in [6, 6.07) is 5.97. The Balaban J connectivity index is 0.00000106. The van der Waals surface area contributed by atoms with Crippen molar-refractivity contribution in [3.8, 4) is 0 Å². The number of carbonyl (C=O) groups is 1. The van der Waals surface area contributed by atoms with Crippen LogP contribution >= 0.6 is 0 Å². The summed E-state index contributed by atoms with van der Waals surface area (Å²) in [5, 5.41) is 11.6. The van der Waals surface area contributed by atoms with Crippen LogP contribution in [-0.2, 0) is 4.79 Å². The Bertz CT molecular complexity index is 335. The summed E-state index contributed by atoms with van der Waals surface area (Å²) in [4.78, 5) is 10.3. The molecule has 3 nitrogen and oxygen atoms in total. The predicted octanol–water partition coefficient (Wildman–Crippen LogP) is 3.22. The summed E-state index contributed by atoms with van der Waals surface area (Å²) in [6.45, 7) is 8.54. The van der Waals surface area contributed by atoms with E-state index in [1.54, 1.807) is 0 Å². The van der Waals surface area contributed by atoms with Crippen molar-refractivity contribution in [1.29, 1.82) is 0 Å². The summed E-state index contributed by atoms with van der Waals surface area (Å²) < 4.78 is 0. The standard InChI is InChI=1S/C11H15NO2.C2H6/c1-8-4-3-5-10(9(8)2)12-7-6-11(13)14;1-2/h3-5,12H,6-7H2,1-2H3,(H,13,14);1-2H3. The minimum absolute atomic E-state index is 0.146. The number of carboxylic acids is 1. The van der Waals surface area contributed by atoms with Crippen LogP contribution in [0, 0.1) is 13.8 Å². The van der Waals surface area contributed by atoms with Gasteiger partial charge in [0.2, 0.25) is 0 Å². The Labute approximate surface area is 97.5 Å². The molecule has 1 aromatic carbocycles. The van der Waals surface area contributed by atoms with Crippen LogP contribution in [0.4, 0.5) is 5.69 Å². The molecule has 0 saturated carbocycles. The number of carboxylic acid groups (broad SMARTS) is 1. The van der Waals surface area contributed by atoms with Crippen molar-refractivity contribution in [2.75, 3.05) is 11.9 Å². The van der Waals surface area contributed by atoms with Gasteiger partial charge < -0.3 is 10.4 Å². The largest absolute Gasteiger partial charge is 0.481 e. The number of anilines is 1. The van der Waals surface area contributed by atoms with Gasteiger partial charge >= 0.3 is 5.97 Å². The molecule has 0 aliphatic rings. The molecule has 3 heteroatoms. The number of hydrogen-bond acceptors (Lipinski definition) is 2. The number of benzene rings is 1. The predicted molar refractivity (Wildman–Crippen MR) is 68.0 cm³/mol. The number of rotatable bonds is 4. The van der Waals surface area contributed by atoms with Crippen LogP contribution in [-0.4, -0.2) is 17.6 Å². The molecule has 0 spiro atoms. The number of aliphatic carboxylic acids is 1. The normalized spacial score (nSPS) is 9.00. The molecule has 1 rings (SSSR count). The molecule has 0 aromatic heterocycles. The molecule has 0 heterocycles. The highest BCUT2D eigenvalue weighted by Crippen LogP contribution is 2.17. The maximum Gasteiger partial charge on any atom is 0.305 e. The molecule has 0 unspecified atom stereocenters. The lowest BCUT2D eigenvalue weighted by Crippen LogP contribution is -2.08. The van der Waals surface area contributed by atoms with Crippen molar-refractivity contribution in [1.82, 2.24) is 0 Å². The third kappa shape index (κ3) is 4.82. The van der Waals surface area contributed by atoms with Gasteiger partial charge in [-0.3, -0.25) is 4.79 Å². The van der Waals surface area contributed by atoms with Gasteiger partial charge in [-0.25, -0.2) is 0 Å². The van der Waals surface area contributed by atoms with Gasteiger partial charge in [0.05, 0.1) is 6.42 Å². The first-order chi connectivity index (χ1) is 7.61. The Morgan fingerprint density at radius 2 is 1.94 bits per heavy atom. The number of nitrogens with one attached hydrogen (secondary N) is 1. The van der Waals surface area contributed by atoms with E-state index in [0.29, 0.717) is 6.54 Å². The summed E-state index contributed by atoms with van der Waals surface area (Å²) in [5.41, 5.74) is 3.41. The highest BCUT2D eigenvalue weighted by atomic mass is 16.4. The van der Waals surface area contributed by atoms with Crippen LogP contribution in [0.1, 0.15) is 31.4 Å². The van der Waals surface area contributed by atoms with E-state index in [2.05, 4.69) is 5.32 Å². The van der Waals surface area contributed by atoms with E-state index in [1.807, 2.05) is 45.9 Å². The molecule has 0 fully saturated rings. The first-order valence-corrected chi connectivity index (χ1v) is 5.63. The molecular weight excluding hydrogens is 202 g/mol. The molecule has 0 bridgehead atoms. The van der Waals surface area contributed by atoms with E-state index in [0.717, 1.165) is 5.69 Å². The highest BCUT2D eigenvalue weighted by Gasteiger charge is 2.00. The second-order valence-corrected chi connectivity index (χ2v) is 3.32. The van der Waals surface area contributed by atoms with Gasteiger partial charge in [-0.15, -0.1) is 0 Å². The lowest BCUT2D eigenvalue weighted by Gasteiger charge is -2.09. The maximum absolute atomic E-state index is 10.3. The second kappa shape index (κ2) is 7.74. The smallest absolute Gasteiger partial charge is 0.305 e. The van der Waals surface area contributed by atoms with E-state index < -0.39 is 5.97 Å². The Hall–Kier alpha value is -1.51. The van der Waals surface area contributed by atoms with E-state index in [4.69, 9.17) is 5.11 Å². The fourth-order valence-corrected chi connectivity index (χ4v) is 1.25. The van der Waals surface area contributed by atoms with Crippen molar-refractivity contribution in [2.24, 2.45) is 0 Å². The Kier molecular flexibility index (Phi) is 7.01. The molecule has 0 atom stereocenters. The third-order valence-corrected chi connectivity index (χ3v) is 2.26. The lowest BCUT2D eigenvalue weighted by molar-refractivity contribution is -0.136. The van der Waals surface area contributed by atoms with Crippen molar-refractivity contribution in [2.45, 2.75) is 34.1 Å². The summed E-state index contributed by atoms with van der Waals surface area (Å²) in [7, 11) is 0. The average Bonchev–Trinajstić information content (AvgIpc) is 2.27. The molecule has 0 aliphatic carbocycles. The fraction of sp³-hybridized carbons (Fsp3) is 0.462. The minimum atomic E-state index is -0.775. The molecule has 1 aromatic rings. The molecule has 0 amide bonds. The van der Waals surface area contributed by atoms with Crippen molar-refractivity contribution < 1.29 is 9.90 Å². The molecule has 2 N–H and O–H groups in total. The highest BCUT2D eigenvalue weighted by molar-refractivity contribution is 5.67. The van der Waals surface area contributed by atoms with E-state index in [1.165, 1.54) is 11.1 Å². The Morgan fingerprint density at radius 1 is 1.31 bits per heavy atom. The van der Waals surface area contributed by atoms with Crippen molar-refractivity contribution >= 4 is 11.7 Å². The van der Waals surface area contributed by atoms with Crippen molar-refractivity contribution in [3.05, 3.63) is 29.3 Å². The molecule has 16 heavy (non-hydrogen) atoms. The summed E-state index contributed by atoms with van der Waals surface area (Å²) in [6.07, 6.45) is 0.146. The molecular formula is C13H21NO2.